The minimum Gasteiger partial charge on any atom is -0.481 e. The Labute approximate surface area is 118 Å². The number of carbonyl (C=O) groups excluding carboxylic acids is 1. The molecule has 6 nitrogen and oxygen atoms in total. The molecular weight excluding hydrogens is 258 g/mol. The van der Waals surface area contributed by atoms with Gasteiger partial charge in [0.1, 0.15) is 5.82 Å². The highest BCUT2D eigenvalue weighted by atomic mass is 16.4. The van der Waals surface area contributed by atoms with E-state index in [-0.39, 0.29) is 18.4 Å². The van der Waals surface area contributed by atoms with Crippen molar-refractivity contribution in [3.63, 3.8) is 0 Å². The SMILES string of the molecule is CN(C)c1ccc(C(=O)N2CCCC2CC(=O)O)cn1. The molecule has 1 atom stereocenters. The van der Waals surface area contributed by atoms with Gasteiger partial charge in [0.2, 0.25) is 0 Å². The third-order valence-corrected chi connectivity index (χ3v) is 3.50. The van der Waals surface area contributed by atoms with Crippen molar-refractivity contribution >= 4 is 17.7 Å². The van der Waals surface area contributed by atoms with Gasteiger partial charge in [-0.3, -0.25) is 9.59 Å². The molecule has 108 valence electrons. The lowest BCUT2D eigenvalue weighted by Gasteiger charge is -2.23. The van der Waals surface area contributed by atoms with Gasteiger partial charge >= 0.3 is 5.97 Å². The fourth-order valence-electron chi connectivity index (χ4n) is 2.46. The van der Waals surface area contributed by atoms with Gasteiger partial charge in [-0.1, -0.05) is 0 Å². The molecule has 1 N–H and O–H groups in total. The first-order valence-corrected chi connectivity index (χ1v) is 6.65. The highest BCUT2D eigenvalue weighted by molar-refractivity contribution is 5.94. The van der Waals surface area contributed by atoms with Crippen LogP contribution in [0.2, 0.25) is 0 Å². The van der Waals surface area contributed by atoms with Crippen LogP contribution in [0, 0.1) is 0 Å². The molecule has 20 heavy (non-hydrogen) atoms. The fraction of sp³-hybridized carbons (Fsp3) is 0.500. The summed E-state index contributed by atoms with van der Waals surface area (Å²) in [6.45, 7) is 0.617. The predicted octanol–water partition coefficient (Wildman–Crippen LogP) is 1.23. The summed E-state index contributed by atoms with van der Waals surface area (Å²) in [6, 6.07) is 3.32. The number of nitrogens with zero attached hydrogens (tertiary/aromatic N) is 3. The van der Waals surface area contributed by atoms with Crippen LogP contribution in [0.5, 0.6) is 0 Å². The van der Waals surface area contributed by atoms with Crippen LogP contribution in [0.3, 0.4) is 0 Å². The lowest BCUT2D eigenvalue weighted by molar-refractivity contribution is -0.137. The number of carboxylic acids is 1. The van der Waals surface area contributed by atoms with Crippen molar-refractivity contribution in [1.29, 1.82) is 0 Å². The largest absolute Gasteiger partial charge is 0.481 e. The van der Waals surface area contributed by atoms with Crippen molar-refractivity contribution in [2.24, 2.45) is 0 Å². The molecule has 1 amide bonds. The number of carbonyl (C=O) groups is 2. The molecule has 2 rings (SSSR count). The summed E-state index contributed by atoms with van der Waals surface area (Å²) in [5.41, 5.74) is 0.507. The Kier molecular flexibility index (Phi) is 4.22. The second-order valence-electron chi connectivity index (χ2n) is 5.19. The molecule has 1 aliphatic rings. The van der Waals surface area contributed by atoms with Crippen LogP contribution >= 0.6 is 0 Å². The third-order valence-electron chi connectivity index (χ3n) is 3.50. The molecule has 6 heteroatoms. The Balaban J connectivity index is 2.11. The molecule has 1 aromatic heterocycles. The zero-order valence-corrected chi connectivity index (χ0v) is 11.7. The number of carboxylic acid groups (broad SMARTS) is 1. The normalized spacial score (nSPS) is 18.1. The number of anilines is 1. The van der Waals surface area contributed by atoms with Gasteiger partial charge in [-0.05, 0) is 25.0 Å². The molecule has 1 aliphatic heterocycles. The number of amides is 1. The molecule has 0 radical (unpaired) electrons. The van der Waals surface area contributed by atoms with Crippen molar-refractivity contribution < 1.29 is 14.7 Å². The maximum absolute atomic E-state index is 12.4. The van der Waals surface area contributed by atoms with E-state index in [0.29, 0.717) is 12.1 Å². The molecule has 0 saturated carbocycles. The monoisotopic (exact) mass is 277 g/mol. The van der Waals surface area contributed by atoms with Gasteiger partial charge in [0, 0.05) is 32.9 Å². The number of likely N-dealkylation sites (tertiary alicyclic amines) is 1. The number of pyridine rings is 1. The van der Waals surface area contributed by atoms with E-state index in [0.717, 1.165) is 18.7 Å². The second kappa shape index (κ2) is 5.90. The van der Waals surface area contributed by atoms with E-state index in [4.69, 9.17) is 5.11 Å². The second-order valence-corrected chi connectivity index (χ2v) is 5.19. The smallest absolute Gasteiger partial charge is 0.305 e. The number of aliphatic carboxylic acids is 1. The molecule has 1 saturated heterocycles. The van der Waals surface area contributed by atoms with Gasteiger partial charge in [0.25, 0.3) is 5.91 Å². The van der Waals surface area contributed by atoms with Gasteiger partial charge in [-0.15, -0.1) is 0 Å². The number of rotatable bonds is 4. The van der Waals surface area contributed by atoms with Crippen LogP contribution in [0.1, 0.15) is 29.6 Å². The van der Waals surface area contributed by atoms with E-state index in [9.17, 15) is 9.59 Å². The maximum atomic E-state index is 12.4. The van der Waals surface area contributed by atoms with Gasteiger partial charge in [-0.25, -0.2) is 4.98 Å². The zero-order valence-electron chi connectivity index (χ0n) is 11.7. The van der Waals surface area contributed by atoms with Crippen molar-refractivity contribution in [2.45, 2.75) is 25.3 Å². The maximum Gasteiger partial charge on any atom is 0.305 e. The summed E-state index contributed by atoms with van der Waals surface area (Å²) in [7, 11) is 3.76. The molecule has 2 heterocycles. The van der Waals surface area contributed by atoms with Crippen molar-refractivity contribution in [1.82, 2.24) is 9.88 Å². The van der Waals surface area contributed by atoms with Crippen molar-refractivity contribution in [2.75, 3.05) is 25.5 Å². The van der Waals surface area contributed by atoms with Crippen LogP contribution in [-0.4, -0.2) is 53.5 Å². The summed E-state index contributed by atoms with van der Waals surface area (Å²) in [4.78, 5) is 31.0. The van der Waals surface area contributed by atoms with Crippen LogP contribution in [0.15, 0.2) is 18.3 Å². The lowest BCUT2D eigenvalue weighted by atomic mass is 10.1. The van der Waals surface area contributed by atoms with E-state index >= 15 is 0 Å². The predicted molar refractivity (Wildman–Crippen MR) is 74.9 cm³/mol. The topological polar surface area (TPSA) is 73.7 Å². The average Bonchev–Trinajstić information content (AvgIpc) is 2.85. The van der Waals surface area contributed by atoms with Gasteiger partial charge in [0.05, 0.1) is 12.0 Å². The molecule has 1 unspecified atom stereocenters. The lowest BCUT2D eigenvalue weighted by Crippen LogP contribution is -2.36. The van der Waals surface area contributed by atoms with Crippen LogP contribution in [0.25, 0.3) is 0 Å². The van der Waals surface area contributed by atoms with Gasteiger partial charge in [0.15, 0.2) is 0 Å². The van der Waals surface area contributed by atoms with Crippen LogP contribution in [-0.2, 0) is 4.79 Å². The number of hydrogen-bond acceptors (Lipinski definition) is 4. The van der Waals surface area contributed by atoms with Crippen LogP contribution in [0.4, 0.5) is 5.82 Å². The molecule has 0 aliphatic carbocycles. The first-order chi connectivity index (χ1) is 9.49. The zero-order chi connectivity index (χ0) is 14.7. The minimum atomic E-state index is -0.865. The number of aromatic nitrogens is 1. The minimum absolute atomic E-state index is 0.00888. The van der Waals surface area contributed by atoms with Crippen LogP contribution < -0.4 is 4.90 Å². The molecule has 0 spiro atoms. The quantitative estimate of drug-likeness (QED) is 0.896. The standard InChI is InChI=1S/C14H19N3O3/c1-16(2)12-6-5-10(9-15-12)14(20)17-7-3-4-11(17)8-13(18)19/h5-6,9,11H,3-4,7-8H2,1-2H3,(H,18,19). The molecular formula is C14H19N3O3. The third kappa shape index (κ3) is 3.07. The molecule has 1 fully saturated rings. The molecule has 0 aromatic carbocycles. The molecule has 1 aromatic rings. The summed E-state index contributed by atoms with van der Waals surface area (Å²) in [6.07, 6.45) is 3.16. The van der Waals surface area contributed by atoms with Gasteiger partial charge in [-0.2, -0.15) is 0 Å². The summed E-state index contributed by atoms with van der Waals surface area (Å²) in [5.74, 6) is -0.215. The van der Waals surface area contributed by atoms with Gasteiger partial charge < -0.3 is 14.9 Å². The fourth-order valence-corrected chi connectivity index (χ4v) is 2.46. The highest BCUT2D eigenvalue weighted by Crippen LogP contribution is 2.22. The Morgan fingerprint density at radius 1 is 1.45 bits per heavy atom. The Morgan fingerprint density at radius 2 is 2.20 bits per heavy atom. The first-order valence-electron chi connectivity index (χ1n) is 6.65. The summed E-state index contributed by atoms with van der Waals surface area (Å²) in [5, 5.41) is 8.89. The molecule has 0 bridgehead atoms. The van der Waals surface area contributed by atoms with E-state index in [2.05, 4.69) is 4.98 Å². The Bertz CT molecular complexity index is 499. The summed E-state index contributed by atoms with van der Waals surface area (Å²) >= 11 is 0. The Morgan fingerprint density at radius 3 is 2.75 bits per heavy atom. The number of hydrogen-bond donors (Lipinski definition) is 1. The van der Waals surface area contributed by atoms with Crippen molar-refractivity contribution in [3.05, 3.63) is 23.9 Å². The summed E-state index contributed by atoms with van der Waals surface area (Å²) < 4.78 is 0. The van der Waals surface area contributed by atoms with Crippen molar-refractivity contribution in [3.8, 4) is 0 Å². The van der Waals surface area contributed by atoms with E-state index < -0.39 is 5.97 Å². The van der Waals surface area contributed by atoms with E-state index in [1.165, 1.54) is 0 Å². The van der Waals surface area contributed by atoms with E-state index in [1.807, 2.05) is 19.0 Å². The Hall–Kier alpha value is -2.11. The average molecular weight is 277 g/mol. The van der Waals surface area contributed by atoms with E-state index in [1.54, 1.807) is 23.2 Å². The highest BCUT2D eigenvalue weighted by Gasteiger charge is 2.31. The first kappa shape index (κ1) is 14.3.